The fraction of sp³-hybridized carbons (Fsp3) is 0.333. The van der Waals surface area contributed by atoms with E-state index in [0.717, 1.165) is 10.5 Å². The molecular weight excluding hydrogens is 388 g/mol. The Morgan fingerprint density at radius 1 is 1.17 bits per heavy atom. The summed E-state index contributed by atoms with van der Waals surface area (Å²) in [6.07, 6.45) is 0. The number of aryl methyl sites for hydroxylation is 1. The Bertz CT molecular complexity index is 1020. The van der Waals surface area contributed by atoms with Gasteiger partial charge in [-0.1, -0.05) is 23.8 Å². The Kier molecular flexibility index (Phi) is 6.33. The lowest BCUT2D eigenvalue weighted by Gasteiger charge is -2.34. The molecule has 1 heterocycles. The van der Waals surface area contributed by atoms with Gasteiger partial charge in [0, 0.05) is 5.69 Å². The van der Waals surface area contributed by atoms with Crippen LogP contribution in [0.15, 0.2) is 53.4 Å². The normalized spacial score (nSPS) is 16.7. The zero-order chi connectivity index (χ0) is 21.0. The summed E-state index contributed by atoms with van der Waals surface area (Å²) in [5, 5.41) is 11.8. The lowest BCUT2D eigenvalue weighted by Crippen LogP contribution is -3.19. The van der Waals surface area contributed by atoms with E-state index in [1.54, 1.807) is 48.5 Å². The van der Waals surface area contributed by atoms with Crippen molar-refractivity contribution in [3.8, 4) is 6.07 Å². The van der Waals surface area contributed by atoms with E-state index in [2.05, 4.69) is 5.32 Å². The highest BCUT2D eigenvalue weighted by Crippen LogP contribution is 2.16. The lowest BCUT2D eigenvalue weighted by molar-refractivity contribution is -0.917. The van der Waals surface area contributed by atoms with Crippen molar-refractivity contribution in [3.05, 3.63) is 59.7 Å². The Labute approximate surface area is 171 Å². The summed E-state index contributed by atoms with van der Waals surface area (Å²) in [6, 6.07) is 15.4. The molecule has 0 radical (unpaired) electrons. The molecule has 0 bridgehead atoms. The quantitative estimate of drug-likeness (QED) is 0.758. The number of hydrogen-bond acceptors (Lipinski definition) is 4. The summed E-state index contributed by atoms with van der Waals surface area (Å²) < 4.78 is 27.1. The SMILES string of the molecule is Cc1ccc(S(=O)(=O)N2CC[NH+]([C@@H](C)C(=O)Nc3cccc(C#N)c3)CC2)cc1. The number of rotatable bonds is 5. The topological polar surface area (TPSA) is 94.7 Å². The number of nitrogens with one attached hydrogen (secondary N) is 2. The minimum Gasteiger partial charge on any atom is -0.323 e. The first-order valence-electron chi connectivity index (χ1n) is 9.53. The van der Waals surface area contributed by atoms with Crippen LogP contribution in [0.3, 0.4) is 0 Å². The largest absolute Gasteiger partial charge is 0.323 e. The molecular formula is C21H25N4O3S+. The molecule has 1 atom stereocenters. The highest BCUT2D eigenvalue weighted by Gasteiger charge is 2.34. The zero-order valence-electron chi connectivity index (χ0n) is 16.6. The van der Waals surface area contributed by atoms with Crippen LogP contribution in [0, 0.1) is 18.3 Å². The number of carbonyl (C=O) groups is 1. The molecule has 3 rings (SSSR count). The summed E-state index contributed by atoms with van der Waals surface area (Å²) in [7, 11) is -3.52. The molecule has 0 unspecified atom stereocenters. The molecule has 8 heteroatoms. The van der Waals surface area contributed by atoms with Crippen LogP contribution in [0.25, 0.3) is 0 Å². The third kappa shape index (κ3) is 4.82. The monoisotopic (exact) mass is 413 g/mol. The number of nitrogens with zero attached hydrogens (tertiary/aromatic N) is 2. The predicted octanol–water partition coefficient (Wildman–Crippen LogP) is 0.783. The first-order chi connectivity index (χ1) is 13.8. The van der Waals surface area contributed by atoms with Crippen LogP contribution in [0.4, 0.5) is 5.69 Å². The van der Waals surface area contributed by atoms with Gasteiger partial charge in [-0.25, -0.2) is 8.42 Å². The van der Waals surface area contributed by atoms with Crippen molar-refractivity contribution in [1.82, 2.24) is 4.31 Å². The summed E-state index contributed by atoms with van der Waals surface area (Å²) in [5.41, 5.74) is 2.08. The van der Waals surface area contributed by atoms with Gasteiger partial charge in [-0.2, -0.15) is 9.57 Å². The number of amides is 1. The van der Waals surface area contributed by atoms with Crippen LogP contribution in [0.2, 0.25) is 0 Å². The third-order valence-corrected chi connectivity index (χ3v) is 7.20. The van der Waals surface area contributed by atoms with Gasteiger partial charge >= 0.3 is 0 Å². The maximum Gasteiger partial charge on any atom is 0.282 e. The van der Waals surface area contributed by atoms with Crippen LogP contribution in [-0.4, -0.2) is 50.9 Å². The van der Waals surface area contributed by atoms with Crippen molar-refractivity contribution in [2.75, 3.05) is 31.5 Å². The Balaban J connectivity index is 1.60. The number of sulfonamides is 1. The Morgan fingerprint density at radius 3 is 2.45 bits per heavy atom. The molecule has 2 aromatic rings. The second-order valence-electron chi connectivity index (χ2n) is 7.28. The molecule has 152 valence electrons. The second kappa shape index (κ2) is 8.74. The second-order valence-corrected chi connectivity index (χ2v) is 9.22. The van der Waals surface area contributed by atoms with Crippen LogP contribution in [-0.2, 0) is 14.8 Å². The highest BCUT2D eigenvalue weighted by atomic mass is 32.2. The van der Waals surface area contributed by atoms with Crippen molar-refractivity contribution >= 4 is 21.6 Å². The molecule has 2 N–H and O–H groups in total. The molecule has 0 saturated carbocycles. The van der Waals surface area contributed by atoms with Crippen molar-refractivity contribution in [3.63, 3.8) is 0 Å². The van der Waals surface area contributed by atoms with E-state index in [9.17, 15) is 13.2 Å². The first-order valence-corrected chi connectivity index (χ1v) is 11.0. The fourth-order valence-corrected chi connectivity index (χ4v) is 4.85. The van der Waals surface area contributed by atoms with Crippen LogP contribution in [0.1, 0.15) is 18.1 Å². The Morgan fingerprint density at radius 2 is 1.83 bits per heavy atom. The molecule has 0 spiro atoms. The number of benzene rings is 2. The van der Waals surface area contributed by atoms with Crippen molar-refractivity contribution < 1.29 is 18.1 Å². The number of carbonyl (C=O) groups excluding carboxylic acids is 1. The van der Waals surface area contributed by atoms with Crippen molar-refractivity contribution in [2.24, 2.45) is 0 Å². The molecule has 29 heavy (non-hydrogen) atoms. The molecule has 1 fully saturated rings. The van der Waals surface area contributed by atoms with Crippen LogP contribution < -0.4 is 10.2 Å². The van der Waals surface area contributed by atoms with Gasteiger partial charge in [0.1, 0.15) is 0 Å². The van der Waals surface area contributed by atoms with E-state index in [4.69, 9.17) is 5.26 Å². The van der Waals surface area contributed by atoms with Gasteiger partial charge in [-0.15, -0.1) is 0 Å². The van der Waals surface area contributed by atoms with Gasteiger partial charge in [0.15, 0.2) is 6.04 Å². The number of quaternary nitrogens is 1. The average molecular weight is 414 g/mol. The number of anilines is 1. The van der Waals surface area contributed by atoms with E-state index < -0.39 is 10.0 Å². The van der Waals surface area contributed by atoms with Crippen molar-refractivity contribution in [2.45, 2.75) is 24.8 Å². The fourth-order valence-electron chi connectivity index (χ4n) is 3.41. The lowest BCUT2D eigenvalue weighted by atomic mass is 10.2. The summed E-state index contributed by atoms with van der Waals surface area (Å²) in [6.45, 7) is 5.60. The van der Waals surface area contributed by atoms with Gasteiger partial charge in [0.05, 0.1) is 42.7 Å². The zero-order valence-corrected chi connectivity index (χ0v) is 17.4. The molecule has 7 nitrogen and oxygen atoms in total. The van der Waals surface area contributed by atoms with Crippen LogP contribution in [0.5, 0.6) is 0 Å². The predicted molar refractivity (Wildman–Crippen MR) is 110 cm³/mol. The summed E-state index contributed by atoms with van der Waals surface area (Å²) >= 11 is 0. The summed E-state index contributed by atoms with van der Waals surface area (Å²) in [4.78, 5) is 13.9. The highest BCUT2D eigenvalue weighted by molar-refractivity contribution is 7.89. The van der Waals surface area contributed by atoms with E-state index in [1.165, 1.54) is 4.31 Å². The van der Waals surface area contributed by atoms with Crippen molar-refractivity contribution in [1.29, 1.82) is 5.26 Å². The Hall–Kier alpha value is -2.73. The maximum atomic E-state index is 12.8. The molecule has 1 aliphatic heterocycles. The number of hydrogen-bond donors (Lipinski definition) is 2. The molecule has 0 aliphatic carbocycles. The molecule has 0 aromatic heterocycles. The van der Waals surface area contributed by atoms with Gasteiger partial charge in [0.25, 0.3) is 5.91 Å². The third-order valence-electron chi connectivity index (χ3n) is 5.29. The molecule has 1 aliphatic rings. The number of piperazine rings is 1. The van der Waals surface area contributed by atoms with Gasteiger partial charge < -0.3 is 10.2 Å². The van der Waals surface area contributed by atoms with Crippen LogP contribution >= 0.6 is 0 Å². The molecule has 2 aromatic carbocycles. The first kappa shape index (κ1) is 21.0. The van der Waals surface area contributed by atoms with Gasteiger partial charge in [-0.05, 0) is 44.2 Å². The van der Waals surface area contributed by atoms with E-state index in [-0.39, 0.29) is 11.9 Å². The minimum atomic E-state index is -3.52. The maximum absolute atomic E-state index is 12.8. The summed E-state index contributed by atoms with van der Waals surface area (Å²) in [5.74, 6) is -0.148. The standard InChI is InChI=1S/C21H24N4O3S/c1-16-6-8-20(9-7-16)29(27,28)25-12-10-24(11-13-25)17(2)21(26)23-19-5-3-4-18(14-19)15-22/h3-9,14,17H,10-13H2,1-2H3,(H,23,26)/p+1/t17-/m0/s1. The smallest absolute Gasteiger partial charge is 0.282 e. The molecule has 1 saturated heterocycles. The van der Waals surface area contributed by atoms with Gasteiger partial charge in [-0.3, -0.25) is 4.79 Å². The van der Waals surface area contributed by atoms with E-state index >= 15 is 0 Å². The average Bonchev–Trinajstić information content (AvgIpc) is 2.73. The number of nitriles is 1. The van der Waals surface area contributed by atoms with E-state index in [1.807, 2.05) is 19.9 Å². The van der Waals surface area contributed by atoms with E-state index in [0.29, 0.717) is 42.3 Å². The molecule has 1 amide bonds. The minimum absolute atomic E-state index is 0.148. The van der Waals surface area contributed by atoms with Gasteiger partial charge in [0.2, 0.25) is 10.0 Å².